The number of quaternary nitrogens is 2. The van der Waals surface area contributed by atoms with Gasteiger partial charge in [0.25, 0.3) is 0 Å². The minimum absolute atomic E-state index is 0.00520. The van der Waals surface area contributed by atoms with Crippen LogP contribution in [0, 0.1) is 41.8 Å². The van der Waals surface area contributed by atoms with E-state index in [1.54, 1.807) is 7.05 Å². The first kappa shape index (κ1) is 37.7. The number of carbonyl (C=O) groups excluding carboxylic acids is 2. The minimum Gasteiger partial charge on any atom is -0.428 e. The van der Waals surface area contributed by atoms with Crippen molar-refractivity contribution in [2.24, 2.45) is 0 Å². The van der Waals surface area contributed by atoms with E-state index in [0.717, 1.165) is 30.4 Å². The molecule has 7 nitrogen and oxygen atoms in total. The lowest BCUT2D eigenvalue weighted by atomic mass is 10.0. The van der Waals surface area contributed by atoms with Crippen LogP contribution in [-0.2, 0) is 38.6 Å². The van der Waals surface area contributed by atoms with Crippen molar-refractivity contribution in [3.63, 3.8) is 0 Å². The molecule has 0 spiro atoms. The molecule has 1 atom stereocenters. The monoisotopic (exact) mass is 696 g/mol. The second-order valence-corrected chi connectivity index (χ2v) is 13.1. The third kappa shape index (κ3) is 11.2. The highest BCUT2D eigenvalue weighted by molar-refractivity contribution is 5.69. The molecule has 1 fully saturated rings. The first-order valence-electron chi connectivity index (χ1n) is 16.2. The zero-order chi connectivity index (χ0) is 35.6. The number of rotatable bonds is 15. The number of likely N-dealkylation sites (N-methyl/N-ethyl adjacent to an activating group) is 1. The average Bonchev–Trinajstić information content (AvgIpc) is 3.02. The molecule has 13 heteroatoms. The van der Waals surface area contributed by atoms with E-state index in [2.05, 4.69) is 0 Å². The molecule has 0 radical (unpaired) electrons. The Labute approximate surface area is 282 Å². The number of benzene rings is 3. The number of halogens is 6. The van der Waals surface area contributed by atoms with Crippen LogP contribution in [0.4, 0.5) is 31.1 Å². The molecule has 3 aromatic rings. The molecule has 1 heterocycles. The van der Waals surface area contributed by atoms with Crippen molar-refractivity contribution in [3.05, 3.63) is 106 Å². The fourth-order valence-corrected chi connectivity index (χ4v) is 6.32. The first-order valence-corrected chi connectivity index (χ1v) is 16.2. The number of hydrogen-bond acceptors (Lipinski definition) is 5. The zero-order valence-electron chi connectivity index (χ0n) is 27.7. The van der Waals surface area contributed by atoms with Crippen molar-refractivity contribution in [2.75, 3.05) is 46.6 Å². The van der Waals surface area contributed by atoms with Gasteiger partial charge in [-0.25, -0.2) is 31.1 Å². The van der Waals surface area contributed by atoms with Gasteiger partial charge in [-0.3, -0.25) is 4.79 Å². The molecule has 0 aliphatic carbocycles. The van der Waals surface area contributed by atoms with E-state index in [0.29, 0.717) is 61.3 Å². The van der Waals surface area contributed by atoms with E-state index in [4.69, 9.17) is 14.2 Å². The standard InChI is InChI=1S/C36H42F6N2O5/c1-25-8-10-26(11-9-25)21-43(2,22-29-31(39)17-27(37)18-32(29)40)15-16-47-36(46)49-24-48-35(45)7-6-14-44(12-4-3-5-13-44)23-30-33(41)19-28(38)20-34(30)42/h8-11,17-20H,3-7,12-16,21-24H2,1-2H3/q+2. The lowest BCUT2D eigenvalue weighted by molar-refractivity contribution is -0.945. The second kappa shape index (κ2) is 17.0. The maximum atomic E-state index is 14.5. The Balaban J connectivity index is 1.24. The van der Waals surface area contributed by atoms with Gasteiger partial charge in [-0.1, -0.05) is 29.8 Å². The van der Waals surface area contributed by atoms with Gasteiger partial charge in [0.2, 0.25) is 6.79 Å². The van der Waals surface area contributed by atoms with Crippen molar-refractivity contribution in [1.82, 2.24) is 0 Å². The third-order valence-electron chi connectivity index (χ3n) is 8.96. The molecule has 1 saturated heterocycles. The molecule has 0 aromatic heterocycles. The van der Waals surface area contributed by atoms with E-state index in [9.17, 15) is 35.9 Å². The average molecular weight is 697 g/mol. The smallest absolute Gasteiger partial charge is 0.428 e. The van der Waals surface area contributed by atoms with E-state index < -0.39 is 53.8 Å². The molecule has 1 aliphatic heterocycles. The maximum absolute atomic E-state index is 14.5. The summed E-state index contributed by atoms with van der Waals surface area (Å²) in [5, 5.41) is 0. The first-order chi connectivity index (χ1) is 23.3. The number of likely N-dealkylation sites (tertiary alicyclic amines) is 1. The van der Waals surface area contributed by atoms with E-state index in [1.165, 1.54) is 0 Å². The summed E-state index contributed by atoms with van der Waals surface area (Å²) in [6.07, 6.45) is 1.90. The van der Waals surface area contributed by atoms with Crippen LogP contribution in [0.3, 0.4) is 0 Å². The van der Waals surface area contributed by atoms with Crippen LogP contribution in [0.2, 0.25) is 0 Å². The van der Waals surface area contributed by atoms with Gasteiger partial charge in [0.1, 0.15) is 67.7 Å². The summed E-state index contributed by atoms with van der Waals surface area (Å²) in [5.41, 5.74) is 1.42. The van der Waals surface area contributed by atoms with Crippen molar-refractivity contribution in [2.45, 2.75) is 58.7 Å². The number of piperidine rings is 1. The summed E-state index contributed by atoms with van der Waals surface area (Å²) in [7, 11) is 1.72. The molecule has 0 bridgehead atoms. The maximum Gasteiger partial charge on any atom is 0.511 e. The number of esters is 1. The Hall–Kier alpha value is -4.10. The van der Waals surface area contributed by atoms with E-state index in [-0.39, 0.29) is 48.3 Å². The van der Waals surface area contributed by atoms with Gasteiger partial charge < -0.3 is 23.2 Å². The van der Waals surface area contributed by atoms with Crippen LogP contribution in [0.25, 0.3) is 0 Å². The lowest BCUT2D eigenvalue weighted by Crippen LogP contribution is -2.51. The molecule has 49 heavy (non-hydrogen) atoms. The van der Waals surface area contributed by atoms with Gasteiger partial charge in [-0.2, -0.15) is 0 Å². The largest absolute Gasteiger partial charge is 0.511 e. The molecule has 3 aromatic carbocycles. The van der Waals surface area contributed by atoms with Crippen LogP contribution in [0.15, 0.2) is 48.5 Å². The topological polar surface area (TPSA) is 61.8 Å². The predicted molar refractivity (Wildman–Crippen MR) is 167 cm³/mol. The number of aryl methyl sites for hydroxylation is 1. The van der Waals surface area contributed by atoms with Gasteiger partial charge in [0, 0.05) is 36.2 Å². The van der Waals surface area contributed by atoms with Crippen molar-refractivity contribution < 1.29 is 59.1 Å². The molecule has 4 rings (SSSR count). The number of carbonyl (C=O) groups is 2. The molecule has 0 amide bonds. The van der Waals surface area contributed by atoms with Crippen molar-refractivity contribution in [3.8, 4) is 0 Å². The SMILES string of the molecule is Cc1ccc(C[N+](C)(CCOC(=O)OCOC(=O)CCC[N+]2(Cc3c(F)cc(F)cc3F)CCCCC2)Cc2c(F)cc(F)cc2F)cc1. The normalized spacial score (nSPS) is 15.3. The number of hydrogen-bond donors (Lipinski definition) is 0. The highest BCUT2D eigenvalue weighted by Crippen LogP contribution is 2.27. The lowest BCUT2D eigenvalue weighted by Gasteiger charge is -2.42. The quantitative estimate of drug-likeness (QED) is 0.0709. The van der Waals surface area contributed by atoms with E-state index >= 15 is 0 Å². The summed E-state index contributed by atoms with van der Waals surface area (Å²) >= 11 is 0. The zero-order valence-corrected chi connectivity index (χ0v) is 27.7. The fourth-order valence-electron chi connectivity index (χ4n) is 6.32. The Morgan fingerprint density at radius 2 is 1.33 bits per heavy atom. The van der Waals surface area contributed by atoms with Gasteiger partial charge in [0.05, 0.1) is 44.2 Å². The van der Waals surface area contributed by atoms with Gasteiger partial charge in [-0.05, 0) is 26.2 Å². The highest BCUT2D eigenvalue weighted by atomic mass is 19.2. The Bertz CT molecular complexity index is 1550. The van der Waals surface area contributed by atoms with Crippen molar-refractivity contribution >= 4 is 12.1 Å². The fraction of sp³-hybridized carbons (Fsp3) is 0.444. The summed E-state index contributed by atoms with van der Waals surface area (Å²) in [6, 6.07) is 10.1. The van der Waals surface area contributed by atoms with Crippen LogP contribution >= 0.6 is 0 Å². The predicted octanol–water partition coefficient (Wildman–Crippen LogP) is 7.61. The Morgan fingerprint density at radius 3 is 1.92 bits per heavy atom. The van der Waals surface area contributed by atoms with Crippen LogP contribution in [0.5, 0.6) is 0 Å². The molecule has 0 N–H and O–H groups in total. The van der Waals surface area contributed by atoms with Crippen LogP contribution < -0.4 is 0 Å². The molecule has 0 saturated carbocycles. The van der Waals surface area contributed by atoms with Crippen LogP contribution in [-0.4, -0.2) is 67.7 Å². The Morgan fingerprint density at radius 1 is 0.755 bits per heavy atom. The van der Waals surface area contributed by atoms with Crippen molar-refractivity contribution in [1.29, 1.82) is 0 Å². The highest BCUT2D eigenvalue weighted by Gasteiger charge is 2.33. The summed E-state index contributed by atoms with van der Waals surface area (Å²) in [5.74, 6) is -6.56. The third-order valence-corrected chi connectivity index (χ3v) is 8.96. The summed E-state index contributed by atoms with van der Waals surface area (Å²) in [6.45, 7) is 3.11. The van der Waals surface area contributed by atoms with Gasteiger partial charge in [0.15, 0.2) is 0 Å². The molecule has 266 valence electrons. The molecular formula is C36H42F6N2O5+2. The van der Waals surface area contributed by atoms with Gasteiger partial charge in [-0.15, -0.1) is 0 Å². The second-order valence-electron chi connectivity index (χ2n) is 13.1. The molecule has 1 unspecified atom stereocenters. The summed E-state index contributed by atoms with van der Waals surface area (Å²) in [4.78, 5) is 24.6. The Kier molecular flexibility index (Phi) is 13.1. The van der Waals surface area contributed by atoms with E-state index in [1.807, 2.05) is 31.2 Å². The minimum atomic E-state index is -1.12. The molecule has 1 aliphatic rings. The summed E-state index contributed by atoms with van der Waals surface area (Å²) < 4.78 is 100. The number of ether oxygens (including phenoxy) is 3. The molecular weight excluding hydrogens is 654 g/mol. The van der Waals surface area contributed by atoms with Crippen LogP contribution in [0.1, 0.15) is 54.4 Å². The number of nitrogens with zero attached hydrogens (tertiary/aromatic N) is 2. The van der Waals surface area contributed by atoms with Gasteiger partial charge >= 0.3 is 12.1 Å².